The summed E-state index contributed by atoms with van der Waals surface area (Å²) in [5, 5.41) is 5.68. The van der Waals surface area contributed by atoms with Crippen molar-refractivity contribution in [3.05, 3.63) is 65.2 Å². The zero-order valence-corrected chi connectivity index (χ0v) is 19.1. The molecule has 1 aromatic heterocycles. The Hall–Kier alpha value is -2.94. The van der Waals surface area contributed by atoms with E-state index < -0.39 is 0 Å². The van der Waals surface area contributed by atoms with Gasteiger partial charge in [0.05, 0.1) is 33.5 Å². The number of carbonyl (C=O) groups is 1. The van der Waals surface area contributed by atoms with Crippen LogP contribution in [0.4, 0.5) is 0 Å². The summed E-state index contributed by atoms with van der Waals surface area (Å²) >= 11 is 1.45. The van der Waals surface area contributed by atoms with Gasteiger partial charge >= 0.3 is 0 Å². The van der Waals surface area contributed by atoms with Gasteiger partial charge < -0.3 is 19.5 Å². The molecule has 1 amide bonds. The number of carbonyl (C=O) groups excluding carboxylic acids is 1. The Labute approximate surface area is 191 Å². The minimum atomic E-state index is -0.173. The van der Waals surface area contributed by atoms with Crippen LogP contribution in [0, 0.1) is 0 Å². The molecule has 0 saturated carbocycles. The van der Waals surface area contributed by atoms with Crippen LogP contribution >= 0.6 is 11.3 Å². The zero-order chi connectivity index (χ0) is 22.3. The van der Waals surface area contributed by atoms with E-state index in [0.29, 0.717) is 25.5 Å². The minimum absolute atomic E-state index is 0.0495. The van der Waals surface area contributed by atoms with Crippen LogP contribution < -0.4 is 14.8 Å². The molecule has 0 radical (unpaired) electrons. The van der Waals surface area contributed by atoms with Crippen LogP contribution in [0.1, 0.15) is 22.1 Å². The first kappa shape index (κ1) is 22.3. The Morgan fingerprint density at radius 2 is 1.69 bits per heavy atom. The summed E-state index contributed by atoms with van der Waals surface area (Å²) in [6.07, 6.45) is 0. The van der Waals surface area contributed by atoms with Gasteiger partial charge in [-0.2, -0.15) is 0 Å². The second-order valence-corrected chi connectivity index (χ2v) is 8.27. The van der Waals surface area contributed by atoms with Gasteiger partial charge in [0.2, 0.25) is 0 Å². The number of aromatic nitrogens is 1. The minimum Gasteiger partial charge on any atom is -0.497 e. The number of amides is 1. The Morgan fingerprint density at radius 3 is 2.31 bits per heavy atom. The van der Waals surface area contributed by atoms with Crippen molar-refractivity contribution in [2.24, 2.45) is 0 Å². The third kappa shape index (κ3) is 5.27. The van der Waals surface area contributed by atoms with Crippen molar-refractivity contribution in [3.8, 4) is 22.1 Å². The van der Waals surface area contributed by atoms with Crippen LogP contribution in [0.2, 0.25) is 0 Å². The molecule has 7 nitrogen and oxygen atoms in total. The van der Waals surface area contributed by atoms with E-state index in [-0.39, 0.29) is 11.9 Å². The number of rotatable bonds is 8. The quantitative estimate of drug-likeness (QED) is 0.562. The van der Waals surface area contributed by atoms with Crippen LogP contribution in [0.3, 0.4) is 0 Å². The molecule has 32 heavy (non-hydrogen) atoms. The summed E-state index contributed by atoms with van der Waals surface area (Å²) in [6, 6.07) is 15.7. The molecule has 3 aromatic rings. The maximum absolute atomic E-state index is 12.9. The highest BCUT2D eigenvalue weighted by Crippen LogP contribution is 2.26. The first-order chi connectivity index (χ1) is 15.7. The van der Waals surface area contributed by atoms with Crippen molar-refractivity contribution in [3.63, 3.8) is 0 Å². The number of nitrogens with zero attached hydrogens (tertiary/aromatic N) is 2. The predicted octanol–water partition coefficient (Wildman–Crippen LogP) is 3.63. The van der Waals surface area contributed by atoms with Crippen LogP contribution in [0.5, 0.6) is 11.5 Å². The molecule has 4 rings (SSSR count). The standard InChI is InChI=1S/C24H27N3O4S/c1-29-19-7-3-17(4-8-19)22(27-11-13-31-14-12-27)15-25-23(28)21-16-32-24(26-21)18-5-9-20(30-2)10-6-18/h3-10,16,22H,11-15H2,1-2H3,(H,25,28). The summed E-state index contributed by atoms with van der Waals surface area (Å²) in [5.74, 6) is 1.43. The predicted molar refractivity (Wildman–Crippen MR) is 125 cm³/mol. The van der Waals surface area contributed by atoms with Crippen molar-refractivity contribution >= 4 is 17.2 Å². The molecular weight excluding hydrogens is 426 g/mol. The van der Waals surface area contributed by atoms with Crippen molar-refractivity contribution in [2.75, 3.05) is 47.1 Å². The van der Waals surface area contributed by atoms with Gasteiger partial charge in [-0.1, -0.05) is 12.1 Å². The van der Waals surface area contributed by atoms with Crippen LogP contribution in [0.25, 0.3) is 10.6 Å². The van der Waals surface area contributed by atoms with Crippen LogP contribution in [-0.2, 0) is 4.74 Å². The molecule has 0 spiro atoms. The highest BCUT2D eigenvalue weighted by atomic mass is 32.1. The number of nitrogens with one attached hydrogen (secondary N) is 1. The summed E-state index contributed by atoms with van der Waals surface area (Å²) in [6.45, 7) is 3.52. The van der Waals surface area contributed by atoms with Gasteiger partial charge in [-0.25, -0.2) is 4.98 Å². The van der Waals surface area contributed by atoms with E-state index in [4.69, 9.17) is 14.2 Å². The fourth-order valence-corrected chi connectivity index (χ4v) is 4.50. The number of ether oxygens (including phenoxy) is 3. The van der Waals surface area contributed by atoms with E-state index >= 15 is 0 Å². The van der Waals surface area contributed by atoms with Crippen molar-refractivity contribution in [2.45, 2.75) is 6.04 Å². The molecule has 1 aliphatic heterocycles. The maximum atomic E-state index is 12.9. The first-order valence-electron chi connectivity index (χ1n) is 10.5. The van der Waals surface area contributed by atoms with E-state index in [1.165, 1.54) is 11.3 Å². The Bertz CT molecular complexity index is 1010. The molecule has 1 unspecified atom stereocenters. The first-order valence-corrected chi connectivity index (χ1v) is 11.4. The normalized spacial score (nSPS) is 15.2. The number of morpholine rings is 1. The summed E-state index contributed by atoms with van der Waals surface area (Å²) in [5.41, 5.74) is 2.51. The Morgan fingerprint density at radius 1 is 1.06 bits per heavy atom. The topological polar surface area (TPSA) is 72.9 Å². The summed E-state index contributed by atoms with van der Waals surface area (Å²) in [7, 11) is 3.29. The van der Waals surface area contributed by atoms with Crippen molar-refractivity contribution in [1.82, 2.24) is 15.2 Å². The van der Waals surface area contributed by atoms with Gasteiger partial charge in [-0.05, 0) is 42.0 Å². The summed E-state index contributed by atoms with van der Waals surface area (Å²) < 4.78 is 16.0. The number of hydrogen-bond acceptors (Lipinski definition) is 7. The molecule has 2 heterocycles. The van der Waals surface area contributed by atoms with E-state index in [9.17, 15) is 4.79 Å². The molecule has 8 heteroatoms. The van der Waals surface area contributed by atoms with E-state index in [1.54, 1.807) is 19.6 Å². The van der Waals surface area contributed by atoms with E-state index in [2.05, 4.69) is 27.3 Å². The van der Waals surface area contributed by atoms with Gasteiger partial charge in [-0.15, -0.1) is 11.3 Å². The van der Waals surface area contributed by atoms with Gasteiger partial charge in [-0.3, -0.25) is 9.69 Å². The molecule has 1 fully saturated rings. The van der Waals surface area contributed by atoms with E-state index in [0.717, 1.165) is 40.7 Å². The molecule has 1 saturated heterocycles. The largest absolute Gasteiger partial charge is 0.497 e. The molecular formula is C24H27N3O4S. The number of methoxy groups -OCH3 is 2. The zero-order valence-electron chi connectivity index (χ0n) is 18.2. The Kier molecular flexibility index (Phi) is 7.36. The molecule has 2 aromatic carbocycles. The SMILES string of the molecule is COc1ccc(-c2nc(C(=O)NCC(c3ccc(OC)cc3)N3CCOCC3)cs2)cc1. The number of thiazole rings is 1. The highest BCUT2D eigenvalue weighted by molar-refractivity contribution is 7.13. The summed E-state index contributed by atoms with van der Waals surface area (Å²) in [4.78, 5) is 19.7. The second kappa shape index (κ2) is 10.6. The van der Waals surface area contributed by atoms with Gasteiger partial charge in [0.25, 0.3) is 5.91 Å². The van der Waals surface area contributed by atoms with Gasteiger partial charge in [0, 0.05) is 30.6 Å². The number of hydrogen-bond donors (Lipinski definition) is 1. The fraction of sp³-hybridized carbons (Fsp3) is 0.333. The van der Waals surface area contributed by atoms with Crippen molar-refractivity contribution in [1.29, 1.82) is 0 Å². The lowest BCUT2D eigenvalue weighted by Gasteiger charge is -2.35. The molecule has 1 aliphatic rings. The van der Waals surface area contributed by atoms with Gasteiger partial charge in [0.15, 0.2) is 0 Å². The molecule has 1 N–H and O–H groups in total. The molecule has 168 valence electrons. The fourth-order valence-electron chi connectivity index (χ4n) is 3.70. The Balaban J connectivity index is 1.45. The molecule has 0 bridgehead atoms. The maximum Gasteiger partial charge on any atom is 0.270 e. The lowest BCUT2D eigenvalue weighted by atomic mass is 10.0. The number of benzene rings is 2. The van der Waals surface area contributed by atoms with Crippen LogP contribution in [-0.4, -0.2) is 62.9 Å². The van der Waals surface area contributed by atoms with E-state index in [1.807, 2.05) is 36.4 Å². The smallest absolute Gasteiger partial charge is 0.270 e. The lowest BCUT2D eigenvalue weighted by molar-refractivity contribution is 0.0162. The molecule has 1 atom stereocenters. The highest BCUT2D eigenvalue weighted by Gasteiger charge is 2.24. The average Bonchev–Trinajstić information content (AvgIpc) is 3.36. The third-order valence-corrected chi connectivity index (χ3v) is 6.41. The third-order valence-electron chi connectivity index (χ3n) is 5.52. The van der Waals surface area contributed by atoms with Crippen molar-refractivity contribution < 1.29 is 19.0 Å². The monoisotopic (exact) mass is 453 g/mol. The molecule has 0 aliphatic carbocycles. The lowest BCUT2D eigenvalue weighted by Crippen LogP contribution is -2.43. The van der Waals surface area contributed by atoms with Crippen LogP contribution in [0.15, 0.2) is 53.9 Å². The average molecular weight is 454 g/mol. The second-order valence-electron chi connectivity index (χ2n) is 7.41. The van der Waals surface area contributed by atoms with Gasteiger partial charge in [0.1, 0.15) is 22.2 Å².